The number of hydrogen-bond acceptors (Lipinski definition) is 2. The molecule has 0 N–H and O–H groups in total. The third kappa shape index (κ3) is 19.7. The lowest BCUT2D eigenvalue weighted by Gasteiger charge is -1.95. The molecule has 0 saturated carbocycles. The minimum Gasteiger partial charge on any atom is -0.300 e. The zero-order valence-corrected chi connectivity index (χ0v) is 10.9. The van der Waals surface area contributed by atoms with Gasteiger partial charge < -0.3 is 4.79 Å². The van der Waals surface area contributed by atoms with Gasteiger partial charge in [-0.2, -0.15) is 0 Å². The van der Waals surface area contributed by atoms with Crippen LogP contribution in [0.4, 0.5) is 0 Å². The van der Waals surface area contributed by atoms with Gasteiger partial charge in [0.05, 0.1) is 0 Å². The van der Waals surface area contributed by atoms with Crippen LogP contribution in [0.15, 0.2) is 0 Å². The van der Waals surface area contributed by atoms with Crippen molar-refractivity contribution in [3.63, 3.8) is 0 Å². The van der Waals surface area contributed by atoms with Gasteiger partial charge in [-0.3, -0.25) is 4.79 Å². The monoisotopic (exact) mass is 214 g/mol. The second-order valence-electron chi connectivity index (χ2n) is 4.34. The van der Waals surface area contributed by atoms with Crippen molar-refractivity contribution in [2.24, 2.45) is 5.92 Å². The van der Waals surface area contributed by atoms with E-state index in [0.717, 1.165) is 32.1 Å². The van der Waals surface area contributed by atoms with Crippen LogP contribution in [-0.2, 0) is 9.59 Å². The number of carbonyl (C=O) groups excluding carboxylic acids is 2. The summed E-state index contributed by atoms with van der Waals surface area (Å²) in [5.41, 5.74) is 0. The van der Waals surface area contributed by atoms with E-state index in [2.05, 4.69) is 0 Å². The summed E-state index contributed by atoms with van der Waals surface area (Å²) in [5.74, 6) is 1.22. The molecule has 0 radical (unpaired) electrons. The van der Waals surface area contributed by atoms with Crippen LogP contribution in [0.2, 0.25) is 0 Å². The van der Waals surface area contributed by atoms with E-state index in [1.54, 1.807) is 6.92 Å². The molecule has 0 spiro atoms. The van der Waals surface area contributed by atoms with Crippen LogP contribution in [0.3, 0.4) is 0 Å². The first-order valence-corrected chi connectivity index (χ1v) is 5.95. The molecular weight excluding hydrogens is 188 g/mol. The summed E-state index contributed by atoms with van der Waals surface area (Å²) in [7, 11) is 0. The largest absolute Gasteiger partial charge is 0.300 e. The summed E-state index contributed by atoms with van der Waals surface area (Å²) in [6.45, 7) is 9.78. The molecule has 0 unspecified atom stereocenters. The quantitative estimate of drug-likeness (QED) is 0.674. The fraction of sp³-hybridized carbons (Fsp3) is 0.846. The summed E-state index contributed by atoms with van der Waals surface area (Å²) < 4.78 is 0. The highest BCUT2D eigenvalue weighted by Gasteiger charge is 1.95. The molecule has 0 rings (SSSR count). The van der Waals surface area contributed by atoms with E-state index in [0.29, 0.717) is 11.7 Å². The normalized spacial score (nSPS) is 9.47. The van der Waals surface area contributed by atoms with E-state index >= 15 is 0 Å². The Labute approximate surface area is 94.4 Å². The summed E-state index contributed by atoms with van der Waals surface area (Å²) in [6.07, 6.45) is 4.26. The Bertz CT molecular complexity index is 163. The standard InChI is InChI=1S/C7H14O.C6H12O/c1-3-5-7(8)6-4-2;1-5(2)4-6(3)7/h3-6H2,1-2H3;5H,4H2,1-3H3. The Balaban J connectivity index is 0. The van der Waals surface area contributed by atoms with Crippen molar-refractivity contribution < 1.29 is 9.59 Å². The van der Waals surface area contributed by atoms with Gasteiger partial charge in [-0.25, -0.2) is 0 Å². The maximum Gasteiger partial charge on any atom is 0.132 e. The summed E-state index contributed by atoms with van der Waals surface area (Å²) >= 11 is 0. The molecule has 15 heavy (non-hydrogen) atoms. The van der Waals surface area contributed by atoms with Crippen molar-refractivity contribution in [1.29, 1.82) is 0 Å². The Kier molecular flexibility index (Phi) is 12.8. The van der Waals surface area contributed by atoms with Gasteiger partial charge in [0, 0.05) is 19.3 Å². The van der Waals surface area contributed by atoms with Gasteiger partial charge in [0.1, 0.15) is 11.6 Å². The van der Waals surface area contributed by atoms with Gasteiger partial charge in [-0.15, -0.1) is 0 Å². The van der Waals surface area contributed by atoms with E-state index in [4.69, 9.17) is 0 Å². The van der Waals surface area contributed by atoms with Gasteiger partial charge in [0.25, 0.3) is 0 Å². The number of carbonyl (C=O) groups is 2. The second-order valence-corrected chi connectivity index (χ2v) is 4.34. The molecule has 2 heteroatoms. The lowest BCUT2D eigenvalue weighted by atomic mass is 10.1. The van der Waals surface area contributed by atoms with Crippen LogP contribution in [-0.4, -0.2) is 11.6 Å². The number of Topliss-reactive ketones (excluding diaryl/α,β-unsaturated/α-hetero) is 2. The third-order valence-electron chi connectivity index (χ3n) is 1.75. The van der Waals surface area contributed by atoms with Crippen LogP contribution in [0.5, 0.6) is 0 Å². The fourth-order valence-corrected chi connectivity index (χ4v) is 1.26. The van der Waals surface area contributed by atoms with Crippen molar-refractivity contribution in [3.05, 3.63) is 0 Å². The molecule has 0 aromatic heterocycles. The molecule has 90 valence electrons. The molecule has 0 aliphatic rings. The van der Waals surface area contributed by atoms with Crippen LogP contribution in [0.25, 0.3) is 0 Å². The summed E-state index contributed by atoms with van der Waals surface area (Å²) in [4.78, 5) is 20.9. The lowest BCUT2D eigenvalue weighted by Crippen LogP contribution is -1.95. The molecule has 0 saturated heterocycles. The van der Waals surface area contributed by atoms with Crippen LogP contribution >= 0.6 is 0 Å². The van der Waals surface area contributed by atoms with Crippen LogP contribution < -0.4 is 0 Å². The highest BCUT2D eigenvalue weighted by atomic mass is 16.1. The summed E-state index contributed by atoms with van der Waals surface area (Å²) in [6, 6.07) is 0. The Morgan fingerprint density at radius 3 is 1.53 bits per heavy atom. The average molecular weight is 214 g/mol. The first kappa shape index (κ1) is 16.8. The Morgan fingerprint density at radius 1 is 1.00 bits per heavy atom. The van der Waals surface area contributed by atoms with Gasteiger partial charge >= 0.3 is 0 Å². The molecule has 0 bridgehead atoms. The van der Waals surface area contributed by atoms with E-state index in [9.17, 15) is 9.59 Å². The summed E-state index contributed by atoms with van der Waals surface area (Å²) in [5, 5.41) is 0. The number of ketones is 2. The van der Waals surface area contributed by atoms with Gasteiger partial charge in [0.15, 0.2) is 0 Å². The molecule has 0 aliphatic carbocycles. The topological polar surface area (TPSA) is 34.1 Å². The highest BCUT2D eigenvalue weighted by Crippen LogP contribution is 1.97. The first-order chi connectivity index (χ1) is 6.93. The van der Waals surface area contributed by atoms with Gasteiger partial charge in [-0.1, -0.05) is 27.7 Å². The third-order valence-corrected chi connectivity index (χ3v) is 1.75. The highest BCUT2D eigenvalue weighted by molar-refractivity contribution is 5.78. The predicted molar refractivity (Wildman–Crippen MR) is 65.0 cm³/mol. The molecule has 0 atom stereocenters. The molecule has 0 amide bonds. The first-order valence-electron chi connectivity index (χ1n) is 5.95. The Hall–Kier alpha value is -0.660. The molecule has 0 aliphatic heterocycles. The maximum atomic E-state index is 10.6. The van der Waals surface area contributed by atoms with E-state index in [1.165, 1.54) is 0 Å². The molecule has 0 aromatic carbocycles. The van der Waals surface area contributed by atoms with Crippen molar-refractivity contribution in [1.82, 2.24) is 0 Å². The van der Waals surface area contributed by atoms with Gasteiger partial charge in [-0.05, 0) is 25.7 Å². The SMILES string of the molecule is CC(=O)CC(C)C.CCCC(=O)CCC. The molecule has 0 heterocycles. The van der Waals surface area contributed by atoms with Crippen LogP contribution in [0.1, 0.15) is 66.7 Å². The maximum absolute atomic E-state index is 10.6. The smallest absolute Gasteiger partial charge is 0.132 e. The second kappa shape index (κ2) is 11.4. The van der Waals surface area contributed by atoms with Crippen LogP contribution in [0, 0.1) is 5.92 Å². The Morgan fingerprint density at radius 2 is 1.40 bits per heavy atom. The van der Waals surface area contributed by atoms with Crippen molar-refractivity contribution in [2.45, 2.75) is 66.7 Å². The van der Waals surface area contributed by atoms with Gasteiger partial charge in [0.2, 0.25) is 0 Å². The lowest BCUT2D eigenvalue weighted by molar-refractivity contribution is -0.119. The van der Waals surface area contributed by atoms with Crippen molar-refractivity contribution in [2.75, 3.05) is 0 Å². The minimum atomic E-state index is 0.287. The minimum absolute atomic E-state index is 0.287. The molecule has 0 fully saturated rings. The predicted octanol–water partition coefficient (Wildman–Crippen LogP) is 3.78. The number of rotatable bonds is 6. The molecule has 2 nitrogen and oxygen atoms in total. The van der Waals surface area contributed by atoms with Crippen molar-refractivity contribution in [3.8, 4) is 0 Å². The van der Waals surface area contributed by atoms with E-state index in [-0.39, 0.29) is 5.78 Å². The number of hydrogen-bond donors (Lipinski definition) is 0. The average Bonchev–Trinajstić information content (AvgIpc) is 2.03. The van der Waals surface area contributed by atoms with Crippen molar-refractivity contribution >= 4 is 11.6 Å². The zero-order valence-electron chi connectivity index (χ0n) is 10.9. The fourth-order valence-electron chi connectivity index (χ4n) is 1.26. The molecule has 0 aromatic rings. The van der Waals surface area contributed by atoms with E-state index in [1.807, 2.05) is 27.7 Å². The van der Waals surface area contributed by atoms with E-state index < -0.39 is 0 Å². The molecular formula is C13H26O2. The zero-order chi connectivity index (χ0) is 12.3.